The van der Waals surface area contributed by atoms with Crippen LogP contribution in [0.5, 0.6) is 0 Å². The third-order valence-electron chi connectivity index (χ3n) is 1.51. The summed E-state index contributed by atoms with van der Waals surface area (Å²) in [6.07, 6.45) is 7.37. The molecule has 0 aromatic heterocycles. The van der Waals surface area contributed by atoms with Gasteiger partial charge in [-0.3, -0.25) is 0 Å². The summed E-state index contributed by atoms with van der Waals surface area (Å²) in [6, 6.07) is 0. The Morgan fingerprint density at radius 1 is 1.27 bits per heavy atom. The molecule has 2 heteroatoms. The molecule has 0 aliphatic rings. The SMILES string of the molecule is C/C=C\CNCCCCCO. The van der Waals surface area contributed by atoms with E-state index in [4.69, 9.17) is 5.11 Å². The van der Waals surface area contributed by atoms with Crippen molar-refractivity contribution in [2.45, 2.75) is 26.2 Å². The molecule has 0 aliphatic heterocycles. The Labute approximate surface area is 69.3 Å². The minimum Gasteiger partial charge on any atom is -0.396 e. The molecule has 0 atom stereocenters. The van der Waals surface area contributed by atoms with Gasteiger partial charge in [0.05, 0.1) is 0 Å². The molecule has 0 radical (unpaired) electrons. The van der Waals surface area contributed by atoms with Gasteiger partial charge >= 0.3 is 0 Å². The Morgan fingerprint density at radius 2 is 2.09 bits per heavy atom. The number of unbranched alkanes of at least 4 members (excludes halogenated alkanes) is 2. The van der Waals surface area contributed by atoms with E-state index in [2.05, 4.69) is 11.4 Å². The third-order valence-corrected chi connectivity index (χ3v) is 1.51. The van der Waals surface area contributed by atoms with Crippen LogP contribution in [0, 0.1) is 0 Å². The van der Waals surface area contributed by atoms with Crippen LogP contribution in [0.25, 0.3) is 0 Å². The highest BCUT2D eigenvalue weighted by atomic mass is 16.2. The van der Waals surface area contributed by atoms with Gasteiger partial charge in [0.15, 0.2) is 0 Å². The largest absolute Gasteiger partial charge is 0.396 e. The molecule has 0 saturated carbocycles. The van der Waals surface area contributed by atoms with E-state index in [0.29, 0.717) is 6.61 Å². The number of aliphatic hydroxyl groups excluding tert-OH is 1. The van der Waals surface area contributed by atoms with Crippen molar-refractivity contribution in [1.29, 1.82) is 0 Å². The zero-order valence-electron chi connectivity index (χ0n) is 7.34. The van der Waals surface area contributed by atoms with Crippen molar-refractivity contribution < 1.29 is 5.11 Å². The highest BCUT2D eigenvalue weighted by Crippen LogP contribution is 1.91. The van der Waals surface area contributed by atoms with Crippen molar-refractivity contribution >= 4 is 0 Å². The van der Waals surface area contributed by atoms with Gasteiger partial charge in [-0.1, -0.05) is 12.2 Å². The van der Waals surface area contributed by atoms with E-state index in [1.807, 2.05) is 13.0 Å². The van der Waals surface area contributed by atoms with Crippen LogP contribution in [0.1, 0.15) is 26.2 Å². The lowest BCUT2D eigenvalue weighted by Gasteiger charge is -1.99. The van der Waals surface area contributed by atoms with Gasteiger partial charge in [-0.2, -0.15) is 0 Å². The molecule has 0 aliphatic carbocycles. The third kappa shape index (κ3) is 9.66. The summed E-state index contributed by atoms with van der Waals surface area (Å²) in [5.41, 5.74) is 0. The van der Waals surface area contributed by atoms with E-state index >= 15 is 0 Å². The smallest absolute Gasteiger partial charge is 0.0431 e. The fourth-order valence-corrected chi connectivity index (χ4v) is 0.842. The normalized spacial score (nSPS) is 11.1. The fraction of sp³-hybridized carbons (Fsp3) is 0.778. The minimum absolute atomic E-state index is 0.328. The van der Waals surface area contributed by atoms with Gasteiger partial charge in [0.1, 0.15) is 0 Å². The summed E-state index contributed by atoms with van der Waals surface area (Å²) >= 11 is 0. The molecule has 66 valence electrons. The molecular formula is C9H19NO. The van der Waals surface area contributed by atoms with Crippen LogP contribution in [-0.2, 0) is 0 Å². The molecule has 0 saturated heterocycles. The van der Waals surface area contributed by atoms with Gasteiger partial charge in [-0.25, -0.2) is 0 Å². The van der Waals surface area contributed by atoms with Gasteiger partial charge in [-0.15, -0.1) is 0 Å². The van der Waals surface area contributed by atoms with E-state index in [9.17, 15) is 0 Å². The maximum atomic E-state index is 8.48. The molecule has 0 aromatic carbocycles. The molecule has 11 heavy (non-hydrogen) atoms. The van der Waals surface area contributed by atoms with Gasteiger partial charge in [0.2, 0.25) is 0 Å². The lowest BCUT2D eigenvalue weighted by molar-refractivity contribution is 0.283. The first kappa shape index (κ1) is 10.7. The summed E-state index contributed by atoms with van der Waals surface area (Å²) < 4.78 is 0. The van der Waals surface area contributed by atoms with Crippen LogP contribution in [0.15, 0.2) is 12.2 Å². The minimum atomic E-state index is 0.328. The highest BCUT2D eigenvalue weighted by Gasteiger charge is 1.85. The van der Waals surface area contributed by atoms with E-state index < -0.39 is 0 Å². The maximum Gasteiger partial charge on any atom is 0.0431 e. The molecule has 0 amide bonds. The first-order chi connectivity index (χ1) is 5.41. The molecule has 0 fully saturated rings. The molecule has 0 heterocycles. The molecule has 0 rings (SSSR count). The summed E-state index contributed by atoms with van der Waals surface area (Å²) in [5.74, 6) is 0. The van der Waals surface area contributed by atoms with E-state index in [1.165, 1.54) is 0 Å². The van der Waals surface area contributed by atoms with E-state index in [0.717, 1.165) is 32.4 Å². The Morgan fingerprint density at radius 3 is 2.73 bits per heavy atom. The summed E-state index contributed by atoms with van der Waals surface area (Å²) in [4.78, 5) is 0. The van der Waals surface area contributed by atoms with Crippen molar-refractivity contribution in [3.63, 3.8) is 0 Å². The van der Waals surface area contributed by atoms with Gasteiger partial charge in [0.25, 0.3) is 0 Å². The predicted molar refractivity (Wildman–Crippen MR) is 48.6 cm³/mol. The van der Waals surface area contributed by atoms with Crippen LogP contribution in [0.2, 0.25) is 0 Å². The fourth-order valence-electron chi connectivity index (χ4n) is 0.842. The van der Waals surface area contributed by atoms with Crippen molar-refractivity contribution in [3.05, 3.63) is 12.2 Å². The number of allylic oxidation sites excluding steroid dienone is 1. The van der Waals surface area contributed by atoms with Crippen molar-refractivity contribution in [2.24, 2.45) is 0 Å². The average Bonchev–Trinajstić information content (AvgIpc) is 2.03. The number of rotatable bonds is 7. The van der Waals surface area contributed by atoms with Gasteiger partial charge in [0, 0.05) is 13.2 Å². The topological polar surface area (TPSA) is 32.3 Å². The van der Waals surface area contributed by atoms with Gasteiger partial charge < -0.3 is 10.4 Å². The van der Waals surface area contributed by atoms with Crippen LogP contribution in [-0.4, -0.2) is 24.8 Å². The molecule has 0 aromatic rings. The van der Waals surface area contributed by atoms with E-state index in [1.54, 1.807) is 0 Å². The summed E-state index contributed by atoms with van der Waals surface area (Å²) in [7, 11) is 0. The molecule has 2 N–H and O–H groups in total. The van der Waals surface area contributed by atoms with Gasteiger partial charge in [-0.05, 0) is 32.7 Å². The summed E-state index contributed by atoms with van der Waals surface area (Å²) in [6.45, 7) is 4.38. The summed E-state index contributed by atoms with van der Waals surface area (Å²) in [5, 5.41) is 11.8. The number of hydrogen-bond donors (Lipinski definition) is 2. The lowest BCUT2D eigenvalue weighted by Crippen LogP contribution is -2.14. The zero-order valence-corrected chi connectivity index (χ0v) is 7.34. The number of aliphatic hydroxyl groups is 1. The lowest BCUT2D eigenvalue weighted by atomic mass is 10.2. The Kier molecular flexibility index (Phi) is 9.36. The van der Waals surface area contributed by atoms with Crippen LogP contribution >= 0.6 is 0 Å². The molecule has 0 unspecified atom stereocenters. The first-order valence-electron chi connectivity index (χ1n) is 4.34. The van der Waals surface area contributed by atoms with Crippen LogP contribution < -0.4 is 5.32 Å². The average molecular weight is 157 g/mol. The first-order valence-corrected chi connectivity index (χ1v) is 4.34. The predicted octanol–water partition coefficient (Wildman–Crippen LogP) is 1.31. The Balaban J connectivity index is 2.79. The maximum absolute atomic E-state index is 8.48. The van der Waals surface area contributed by atoms with Crippen molar-refractivity contribution in [1.82, 2.24) is 5.32 Å². The zero-order chi connectivity index (χ0) is 8.36. The quantitative estimate of drug-likeness (QED) is 0.431. The molecule has 2 nitrogen and oxygen atoms in total. The second-order valence-electron chi connectivity index (χ2n) is 2.56. The molecular weight excluding hydrogens is 138 g/mol. The molecule has 0 spiro atoms. The molecule has 0 bridgehead atoms. The number of hydrogen-bond acceptors (Lipinski definition) is 2. The monoisotopic (exact) mass is 157 g/mol. The Bertz CT molecular complexity index is 91.6. The highest BCUT2D eigenvalue weighted by molar-refractivity contribution is 4.78. The standard InChI is InChI=1S/C9H19NO/c1-2-3-7-10-8-5-4-6-9-11/h2-3,10-11H,4-9H2,1H3/b3-2-. The number of nitrogens with one attached hydrogen (secondary N) is 1. The van der Waals surface area contributed by atoms with Crippen molar-refractivity contribution in [2.75, 3.05) is 19.7 Å². The van der Waals surface area contributed by atoms with Crippen LogP contribution in [0.3, 0.4) is 0 Å². The Hall–Kier alpha value is -0.340. The second kappa shape index (κ2) is 9.66. The second-order valence-corrected chi connectivity index (χ2v) is 2.56. The van der Waals surface area contributed by atoms with Crippen molar-refractivity contribution in [3.8, 4) is 0 Å². The van der Waals surface area contributed by atoms with Crippen LogP contribution in [0.4, 0.5) is 0 Å². The van der Waals surface area contributed by atoms with E-state index in [-0.39, 0.29) is 0 Å².